The summed E-state index contributed by atoms with van der Waals surface area (Å²) < 4.78 is 13.6. The molecule has 2 N–H and O–H groups in total. The Morgan fingerprint density at radius 3 is 2.80 bits per heavy atom. The van der Waals surface area contributed by atoms with Crippen LogP contribution in [0.5, 0.6) is 0 Å². The first-order valence-corrected chi connectivity index (χ1v) is 8.94. The van der Waals surface area contributed by atoms with Crippen LogP contribution in [-0.4, -0.2) is 41.4 Å². The van der Waals surface area contributed by atoms with Crippen molar-refractivity contribution in [3.05, 3.63) is 35.1 Å². The maximum atomic E-state index is 13.6. The molecule has 0 unspecified atom stereocenters. The predicted octanol–water partition coefficient (Wildman–Crippen LogP) is 1.74. The number of amides is 2. The Balaban J connectivity index is 1.61. The van der Waals surface area contributed by atoms with Crippen molar-refractivity contribution < 1.29 is 14.0 Å². The van der Waals surface area contributed by atoms with Crippen molar-refractivity contribution in [2.24, 2.45) is 5.92 Å². The molecule has 2 amide bonds. The topological polar surface area (TPSA) is 61.4 Å². The lowest BCUT2D eigenvalue weighted by Gasteiger charge is -2.35. The maximum Gasteiger partial charge on any atom is 0.245 e. The fourth-order valence-corrected chi connectivity index (χ4v) is 3.65. The zero-order valence-corrected chi connectivity index (χ0v) is 15.0. The van der Waals surface area contributed by atoms with Gasteiger partial charge in [0, 0.05) is 19.1 Å². The van der Waals surface area contributed by atoms with Crippen LogP contribution >= 0.6 is 0 Å². The van der Waals surface area contributed by atoms with Gasteiger partial charge in [-0.05, 0) is 42.9 Å². The molecule has 2 fully saturated rings. The van der Waals surface area contributed by atoms with E-state index in [9.17, 15) is 14.0 Å². The van der Waals surface area contributed by atoms with Gasteiger partial charge in [-0.1, -0.05) is 26.0 Å². The van der Waals surface area contributed by atoms with Crippen LogP contribution in [0.2, 0.25) is 0 Å². The normalized spacial score (nSPS) is 26.1. The van der Waals surface area contributed by atoms with Crippen molar-refractivity contribution in [2.75, 3.05) is 6.54 Å². The molecule has 25 heavy (non-hydrogen) atoms. The van der Waals surface area contributed by atoms with Crippen LogP contribution in [0.1, 0.15) is 37.8 Å². The summed E-state index contributed by atoms with van der Waals surface area (Å²) in [5.74, 6) is 0.0906. The number of hydrogen-bond acceptors (Lipinski definition) is 3. The second kappa shape index (κ2) is 7.12. The average Bonchev–Trinajstić information content (AvgIpc) is 2.98. The highest BCUT2D eigenvalue weighted by atomic mass is 19.1. The lowest BCUT2D eigenvalue weighted by Crippen LogP contribution is -2.61. The van der Waals surface area contributed by atoms with Crippen LogP contribution in [0.25, 0.3) is 0 Å². The Bertz CT molecular complexity index is 677. The molecule has 1 aromatic rings. The zero-order valence-electron chi connectivity index (χ0n) is 15.0. The number of hydrogen-bond donors (Lipinski definition) is 2. The van der Waals surface area contributed by atoms with Gasteiger partial charge in [-0.15, -0.1) is 0 Å². The van der Waals surface area contributed by atoms with Gasteiger partial charge >= 0.3 is 0 Å². The largest absolute Gasteiger partial charge is 0.342 e. The fraction of sp³-hybridized carbons (Fsp3) is 0.579. The van der Waals surface area contributed by atoms with Crippen LogP contribution in [0.15, 0.2) is 18.2 Å². The maximum absolute atomic E-state index is 13.6. The number of aryl methyl sites for hydroxylation is 1. The minimum atomic E-state index is -0.409. The number of benzene rings is 1. The van der Waals surface area contributed by atoms with Crippen molar-refractivity contribution in [3.63, 3.8) is 0 Å². The first-order chi connectivity index (χ1) is 11.8. The van der Waals surface area contributed by atoms with Crippen LogP contribution in [-0.2, 0) is 16.1 Å². The lowest BCUT2D eigenvalue weighted by molar-refractivity contribution is -0.147. The summed E-state index contributed by atoms with van der Waals surface area (Å²) in [5, 5.41) is 6.23. The Kier molecular flexibility index (Phi) is 5.08. The Labute approximate surface area is 148 Å². The van der Waals surface area contributed by atoms with E-state index < -0.39 is 6.04 Å². The molecule has 2 aliphatic rings. The van der Waals surface area contributed by atoms with E-state index in [4.69, 9.17) is 0 Å². The molecule has 2 saturated heterocycles. The molecule has 3 atom stereocenters. The van der Waals surface area contributed by atoms with E-state index in [1.54, 1.807) is 17.9 Å². The molecular formula is C19H26FN3O2. The molecule has 0 bridgehead atoms. The summed E-state index contributed by atoms with van der Waals surface area (Å²) in [6, 6.07) is 4.43. The second-order valence-corrected chi connectivity index (χ2v) is 7.59. The summed E-state index contributed by atoms with van der Waals surface area (Å²) >= 11 is 0. The van der Waals surface area contributed by atoms with Crippen molar-refractivity contribution in [1.29, 1.82) is 0 Å². The van der Waals surface area contributed by atoms with Crippen LogP contribution < -0.4 is 10.6 Å². The number of carbonyl (C=O) groups is 2. The van der Waals surface area contributed by atoms with Crippen LogP contribution in [0.4, 0.5) is 4.39 Å². The molecule has 3 rings (SSSR count). The molecule has 2 heterocycles. The zero-order chi connectivity index (χ0) is 18.1. The van der Waals surface area contributed by atoms with E-state index in [0.29, 0.717) is 37.4 Å². The summed E-state index contributed by atoms with van der Waals surface area (Å²) in [6.07, 6.45) is 1.26. The van der Waals surface area contributed by atoms with Gasteiger partial charge in [0.2, 0.25) is 11.8 Å². The van der Waals surface area contributed by atoms with Crippen LogP contribution in [0, 0.1) is 18.7 Å². The van der Waals surface area contributed by atoms with Gasteiger partial charge in [-0.2, -0.15) is 0 Å². The molecule has 136 valence electrons. The number of carbonyl (C=O) groups excluding carboxylic acids is 2. The molecule has 5 nitrogen and oxygen atoms in total. The Morgan fingerprint density at radius 1 is 1.36 bits per heavy atom. The summed E-state index contributed by atoms with van der Waals surface area (Å²) in [6.45, 7) is 6.87. The van der Waals surface area contributed by atoms with Gasteiger partial charge in [0.15, 0.2) is 0 Å². The van der Waals surface area contributed by atoms with Crippen molar-refractivity contribution in [3.8, 4) is 0 Å². The van der Waals surface area contributed by atoms with Crippen molar-refractivity contribution in [1.82, 2.24) is 15.5 Å². The van der Waals surface area contributed by atoms with Gasteiger partial charge < -0.3 is 15.5 Å². The quantitative estimate of drug-likeness (QED) is 0.853. The molecule has 0 saturated carbocycles. The van der Waals surface area contributed by atoms with Crippen LogP contribution in [0.3, 0.4) is 0 Å². The number of piperazine rings is 1. The fourth-order valence-electron chi connectivity index (χ4n) is 3.65. The smallest absolute Gasteiger partial charge is 0.245 e. The number of nitrogens with zero attached hydrogens (tertiary/aromatic N) is 1. The highest BCUT2D eigenvalue weighted by Crippen LogP contribution is 2.25. The van der Waals surface area contributed by atoms with Crippen molar-refractivity contribution in [2.45, 2.75) is 58.3 Å². The van der Waals surface area contributed by atoms with Crippen molar-refractivity contribution >= 4 is 11.8 Å². The van der Waals surface area contributed by atoms with Gasteiger partial charge in [-0.25, -0.2) is 4.39 Å². The number of rotatable bonds is 5. The number of fused-ring (bicyclic) bond motifs is 1. The lowest BCUT2D eigenvalue weighted by atomic mass is 9.99. The third-order valence-electron chi connectivity index (χ3n) is 5.04. The van der Waals surface area contributed by atoms with E-state index in [1.165, 1.54) is 6.07 Å². The molecule has 0 aliphatic carbocycles. The Hall–Kier alpha value is -1.95. The number of halogens is 1. The third kappa shape index (κ3) is 3.84. The standard InChI is InChI=1S/C19H26FN3O2/c1-11(2)6-16-19(25)23-10-14(8-17(23)18(24)22-16)21-9-13-5-4-12(3)15(20)7-13/h4-5,7,11,14,16-17,21H,6,8-10H2,1-3H3,(H,22,24)/t14-,16+,17-/m0/s1. The molecule has 0 aromatic heterocycles. The predicted molar refractivity (Wildman–Crippen MR) is 93.3 cm³/mol. The van der Waals surface area contributed by atoms with Gasteiger partial charge in [-0.3, -0.25) is 9.59 Å². The Morgan fingerprint density at radius 2 is 2.12 bits per heavy atom. The first-order valence-electron chi connectivity index (χ1n) is 8.94. The highest BCUT2D eigenvalue weighted by molar-refractivity contribution is 5.97. The van der Waals surface area contributed by atoms with E-state index in [-0.39, 0.29) is 29.7 Å². The third-order valence-corrected chi connectivity index (χ3v) is 5.04. The number of nitrogens with one attached hydrogen (secondary N) is 2. The highest BCUT2D eigenvalue weighted by Gasteiger charge is 2.46. The summed E-state index contributed by atoms with van der Waals surface area (Å²) in [7, 11) is 0. The molecular weight excluding hydrogens is 321 g/mol. The molecule has 2 aliphatic heterocycles. The first kappa shape index (κ1) is 17.9. The van der Waals surface area contributed by atoms with Gasteiger partial charge in [0.25, 0.3) is 0 Å². The van der Waals surface area contributed by atoms with E-state index >= 15 is 0 Å². The van der Waals surface area contributed by atoms with Gasteiger partial charge in [0.05, 0.1) is 0 Å². The minimum absolute atomic E-state index is 0.0176. The van der Waals surface area contributed by atoms with E-state index in [1.807, 2.05) is 19.9 Å². The van der Waals surface area contributed by atoms with E-state index in [0.717, 1.165) is 5.56 Å². The molecule has 0 radical (unpaired) electrons. The second-order valence-electron chi connectivity index (χ2n) is 7.59. The molecule has 1 aromatic carbocycles. The van der Waals surface area contributed by atoms with Gasteiger partial charge in [0.1, 0.15) is 17.9 Å². The minimum Gasteiger partial charge on any atom is -0.342 e. The average molecular weight is 347 g/mol. The SMILES string of the molecule is Cc1ccc(CN[C@H]2C[C@H]3C(=O)N[C@H](CC(C)C)C(=O)N3C2)cc1F. The molecule has 6 heteroatoms. The molecule has 0 spiro atoms. The monoisotopic (exact) mass is 347 g/mol. The summed E-state index contributed by atoms with van der Waals surface area (Å²) in [5.41, 5.74) is 1.49. The van der Waals surface area contributed by atoms with E-state index in [2.05, 4.69) is 10.6 Å². The summed E-state index contributed by atoms with van der Waals surface area (Å²) in [4.78, 5) is 26.7.